The smallest absolute Gasteiger partial charge is 0.280 e. The number of carbonyl (C=O) groups excluding carboxylic acids is 2. The van der Waals surface area contributed by atoms with Crippen LogP contribution in [0.15, 0.2) is 158 Å². The topological polar surface area (TPSA) is 84.8 Å². The van der Waals surface area contributed by atoms with E-state index in [1.54, 1.807) is 17.8 Å². The van der Waals surface area contributed by atoms with Crippen LogP contribution in [0.4, 0.5) is 0 Å². The second-order valence-electron chi connectivity index (χ2n) is 13.4. The van der Waals surface area contributed by atoms with Crippen LogP contribution in [0.1, 0.15) is 61.5 Å². The van der Waals surface area contributed by atoms with E-state index in [0.717, 1.165) is 54.7 Å². The Hall–Kier alpha value is -5.96. The molecule has 0 bridgehead atoms. The molecule has 1 aliphatic heterocycles. The summed E-state index contributed by atoms with van der Waals surface area (Å²) in [6.07, 6.45) is 3.28. The van der Waals surface area contributed by atoms with Gasteiger partial charge >= 0.3 is 0 Å². The first kappa shape index (κ1) is 35.4. The van der Waals surface area contributed by atoms with Crippen LogP contribution in [0.2, 0.25) is 0 Å². The highest BCUT2D eigenvalue weighted by atomic mass is 16.7. The third-order valence-electron chi connectivity index (χ3n) is 9.83. The van der Waals surface area contributed by atoms with E-state index < -0.39 is 11.5 Å². The first-order valence-electron chi connectivity index (χ1n) is 18.1. The van der Waals surface area contributed by atoms with Gasteiger partial charge in [0.15, 0.2) is 11.4 Å². The van der Waals surface area contributed by atoms with Crippen molar-refractivity contribution in [2.45, 2.75) is 37.6 Å². The van der Waals surface area contributed by atoms with E-state index in [1.807, 2.05) is 127 Å². The highest BCUT2D eigenvalue weighted by Gasteiger charge is 2.40. The monoisotopic (exact) mass is 704 g/mol. The number of amides is 2. The van der Waals surface area contributed by atoms with Gasteiger partial charge in [-0.3, -0.25) is 19.3 Å². The molecule has 8 nitrogen and oxygen atoms in total. The van der Waals surface area contributed by atoms with Crippen molar-refractivity contribution in [3.05, 3.63) is 197 Å². The molecule has 7 rings (SSSR count). The summed E-state index contributed by atoms with van der Waals surface area (Å²) in [4.78, 5) is 37.4. The first-order chi connectivity index (χ1) is 26.0. The van der Waals surface area contributed by atoms with E-state index in [-0.39, 0.29) is 35.6 Å². The molecule has 1 saturated heterocycles. The molecule has 2 N–H and O–H groups in total. The van der Waals surface area contributed by atoms with E-state index in [9.17, 15) is 9.59 Å². The fourth-order valence-corrected chi connectivity index (χ4v) is 7.11. The Morgan fingerprint density at radius 1 is 0.660 bits per heavy atom. The predicted octanol–water partition coefficient (Wildman–Crippen LogP) is 7.65. The zero-order chi connectivity index (χ0) is 36.5. The number of hydroxylamine groups is 1. The van der Waals surface area contributed by atoms with Crippen molar-refractivity contribution >= 4 is 11.8 Å². The summed E-state index contributed by atoms with van der Waals surface area (Å²) in [5.74, 6) is -0.630. The third-order valence-corrected chi connectivity index (χ3v) is 9.83. The van der Waals surface area contributed by atoms with Crippen LogP contribution in [0, 0.1) is 0 Å². The highest BCUT2D eigenvalue weighted by molar-refractivity contribution is 6.03. The standard InChI is InChI=1S/C45H44N4O4/c1-48-32-40(43(50)47-53-45(36-21-11-4-12-22-36,37-23-13-5-14-24-37)38-25-15-6-16-26-38)42(52-33-35-19-9-3-10-20-35)41(48)44(51)46-39-27-29-49(30-28-39)31-34-17-7-2-8-18-34/h2-26,32,39H,27-31,33H2,1H3,(H,46,51)(H,47,50). The minimum Gasteiger partial charge on any atom is -0.486 e. The molecule has 0 spiro atoms. The largest absolute Gasteiger partial charge is 0.486 e. The van der Waals surface area contributed by atoms with Gasteiger partial charge in [-0.15, -0.1) is 0 Å². The lowest BCUT2D eigenvalue weighted by Crippen LogP contribution is -2.44. The van der Waals surface area contributed by atoms with Crippen LogP contribution in [0.5, 0.6) is 5.75 Å². The number of nitrogens with one attached hydrogen (secondary N) is 2. The number of carbonyl (C=O) groups is 2. The number of nitrogens with zero attached hydrogens (tertiary/aromatic N) is 2. The number of benzene rings is 5. The SMILES string of the molecule is Cn1cc(C(=O)NOC(c2ccccc2)(c2ccccc2)c2ccccc2)c(OCc2ccccc2)c1C(=O)NC1CCN(Cc2ccccc2)CC1. The maximum atomic E-state index is 14.3. The number of hydrogen-bond donors (Lipinski definition) is 2. The summed E-state index contributed by atoms with van der Waals surface area (Å²) in [6.45, 7) is 2.81. The average molecular weight is 705 g/mol. The summed E-state index contributed by atoms with van der Waals surface area (Å²) in [5.41, 5.74) is 6.76. The van der Waals surface area contributed by atoms with Crippen molar-refractivity contribution in [1.29, 1.82) is 0 Å². The molecule has 2 heterocycles. The van der Waals surface area contributed by atoms with Gasteiger partial charge in [0.2, 0.25) is 0 Å². The molecular weight excluding hydrogens is 661 g/mol. The van der Waals surface area contributed by atoms with E-state index >= 15 is 0 Å². The molecular formula is C45H44N4O4. The number of aromatic nitrogens is 1. The lowest BCUT2D eigenvalue weighted by Gasteiger charge is -2.35. The van der Waals surface area contributed by atoms with E-state index in [2.05, 4.69) is 40.0 Å². The summed E-state index contributed by atoms with van der Waals surface area (Å²) in [6, 6.07) is 49.6. The Labute approximate surface area is 311 Å². The molecule has 0 radical (unpaired) electrons. The van der Waals surface area contributed by atoms with Crippen LogP contribution in [-0.2, 0) is 30.6 Å². The predicted molar refractivity (Wildman–Crippen MR) is 206 cm³/mol. The Morgan fingerprint density at radius 3 is 1.64 bits per heavy atom. The number of hydrogen-bond acceptors (Lipinski definition) is 5. The maximum absolute atomic E-state index is 14.3. The van der Waals surface area contributed by atoms with Gasteiger partial charge in [0, 0.05) is 38.9 Å². The summed E-state index contributed by atoms with van der Waals surface area (Å²) in [5, 5.41) is 3.24. The van der Waals surface area contributed by atoms with Crippen LogP contribution < -0.4 is 15.5 Å². The van der Waals surface area contributed by atoms with Gasteiger partial charge in [-0.1, -0.05) is 152 Å². The lowest BCUT2D eigenvalue weighted by molar-refractivity contribution is -0.0475. The third kappa shape index (κ3) is 8.09. The van der Waals surface area contributed by atoms with Gasteiger partial charge in [0.25, 0.3) is 11.8 Å². The molecule has 2 amide bonds. The molecule has 6 aromatic rings. The number of piperidine rings is 1. The summed E-state index contributed by atoms with van der Waals surface area (Å²) in [7, 11) is 1.76. The summed E-state index contributed by atoms with van der Waals surface area (Å²) < 4.78 is 8.03. The second-order valence-corrected chi connectivity index (χ2v) is 13.4. The quantitative estimate of drug-likeness (QED) is 0.0954. The van der Waals surface area contributed by atoms with Crippen molar-refractivity contribution in [3.8, 4) is 5.75 Å². The zero-order valence-electron chi connectivity index (χ0n) is 29.9. The summed E-state index contributed by atoms with van der Waals surface area (Å²) >= 11 is 0. The molecule has 5 aromatic carbocycles. The van der Waals surface area contributed by atoms with Crippen molar-refractivity contribution in [1.82, 2.24) is 20.3 Å². The van der Waals surface area contributed by atoms with Crippen molar-refractivity contribution in [3.63, 3.8) is 0 Å². The van der Waals surface area contributed by atoms with Crippen molar-refractivity contribution in [2.24, 2.45) is 7.05 Å². The van der Waals surface area contributed by atoms with Gasteiger partial charge in [-0.25, -0.2) is 5.48 Å². The molecule has 1 fully saturated rings. The van der Waals surface area contributed by atoms with Crippen LogP contribution >= 0.6 is 0 Å². The highest BCUT2D eigenvalue weighted by Crippen LogP contribution is 2.40. The number of ether oxygens (including phenoxy) is 1. The molecule has 268 valence electrons. The van der Waals surface area contributed by atoms with E-state index in [0.29, 0.717) is 0 Å². The molecule has 0 saturated carbocycles. The Balaban J connectivity index is 1.16. The van der Waals surface area contributed by atoms with Gasteiger partial charge in [-0.05, 0) is 40.7 Å². The maximum Gasteiger partial charge on any atom is 0.280 e. The Morgan fingerprint density at radius 2 is 1.13 bits per heavy atom. The van der Waals surface area contributed by atoms with Crippen LogP contribution in [0.3, 0.4) is 0 Å². The lowest BCUT2D eigenvalue weighted by atomic mass is 9.80. The fourth-order valence-electron chi connectivity index (χ4n) is 7.11. The van der Waals surface area contributed by atoms with Gasteiger partial charge < -0.3 is 14.6 Å². The molecule has 0 unspecified atom stereocenters. The Kier molecular flexibility index (Phi) is 11.1. The van der Waals surface area contributed by atoms with Gasteiger partial charge in [0.1, 0.15) is 17.9 Å². The molecule has 53 heavy (non-hydrogen) atoms. The molecule has 8 heteroatoms. The number of aryl methyl sites for hydroxylation is 1. The van der Waals surface area contributed by atoms with Crippen LogP contribution in [-0.4, -0.2) is 40.4 Å². The average Bonchev–Trinajstić information content (AvgIpc) is 3.56. The normalized spacial score (nSPS) is 13.7. The van der Waals surface area contributed by atoms with E-state index in [4.69, 9.17) is 9.57 Å². The fraction of sp³-hybridized carbons (Fsp3) is 0.200. The molecule has 1 aliphatic rings. The molecule has 0 atom stereocenters. The molecule has 1 aromatic heterocycles. The van der Waals surface area contributed by atoms with E-state index in [1.165, 1.54) is 5.56 Å². The number of rotatable bonds is 13. The van der Waals surface area contributed by atoms with Crippen LogP contribution in [0.25, 0.3) is 0 Å². The van der Waals surface area contributed by atoms with Gasteiger partial charge in [-0.2, -0.15) is 0 Å². The molecule has 0 aliphatic carbocycles. The van der Waals surface area contributed by atoms with Crippen molar-refractivity contribution < 1.29 is 19.2 Å². The number of likely N-dealkylation sites (tertiary alicyclic amines) is 1. The first-order valence-corrected chi connectivity index (χ1v) is 18.1. The minimum atomic E-state index is -1.19. The zero-order valence-corrected chi connectivity index (χ0v) is 29.9. The minimum absolute atomic E-state index is 0.00441. The Bertz CT molecular complexity index is 1980. The van der Waals surface area contributed by atoms with Gasteiger partial charge in [0.05, 0.1) is 0 Å². The second kappa shape index (κ2) is 16.6. The van der Waals surface area contributed by atoms with Crippen molar-refractivity contribution in [2.75, 3.05) is 13.1 Å².